The van der Waals surface area contributed by atoms with Crippen molar-refractivity contribution in [3.8, 4) is 0 Å². The summed E-state index contributed by atoms with van der Waals surface area (Å²) in [6, 6.07) is 29.8. The van der Waals surface area contributed by atoms with Gasteiger partial charge in [0, 0.05) is 25.7 Å². The summed E-state index contributed by atoms with van der Waals surface area (Å²) in [5.41, 5.74) is 4.66. The van der Waals surface area contributed by atoms with Gasteiger partial charge in [0.25, 0.3) is 0 Å². The topological polar surface area (TPSA) is 41.9 Å². The first-order valence-electron chi connectivity index (χ1n) is 10.8. The lowest BCUT2D eigenvalue weighted by Gasteiger charge is -2.37. The van der Waals surface area contributed by atoms with Crippen molar-refractivity contribution in [2.24, 2.45) is 0 Å². The number of rotatable bonds is 12. The van der Waals surface area contributed by atoms with Crippen molar-refractivity contribution < 1.29 is 14.6 Å². The quantitative estimate of drug-likeness (QED) is 0.311. The molecule has 4 nitrogen and oxygen atoms in total. The molecule has 0 aromatic heterocycles. The lowest BCUT2D eigenvalue weighted by molar-refractivity contribution is -0.0391. The fourth-order valence-corrected chi connectivity index (χ4v) is 3.99. The van der Waals surface area contributed by atoms with Gasteiger partial charge in [-0.15, -0.1) is 0 Å². The first-order valence-corrected chi connectivity index (χ1v) is 10.8. The summed E-state index contributed by atoms with van der Waals surface area (Å²) in [5.74, 6) is 0. The Morgan fingerprint density at radius 2 is 1.48 bits per heavy atom. The zero-order valence-electron chi connectivity index (χ0n) is 18.5. The van der Waals surface area contributed by atoms with Gasteiger partial charge in [-0.05, 0) is 35.6 Å². The minimum atomic E-state index is 0.0354. The molecule has 3 aromatic rings. The van der Waals surface area contributed by atoms with E-state index in [1.54, 1.807) is 7.11 Å². The lowest BCUT2D eigenvalue weighted by atomic mass is 9.95. The number of aliphatic hydroxyl groups is 1. The largest absolute Gasteiger partial charge is 0.392 e. The predicted octanol–water partition coefficient (Wildman–Crippen LogP) is 5.49. The average Bonchev–Trinajstić information content (AvgIpc) is 2.84. The van der Waals surface area contributed by atoms with Crippen molar-refractivity contribution >= 4 is 0 Å². The number of hydrogen-bond acceptors (Lipinski definition) is 4. The van der Waals surface area contributed by atoms with Gasteiger partial charge in [-0.2, -0.15) is 0 Å². The maximum atomic E-state index is 9.70. The van der Waals surface area contributed by atoms with Gasteiger partial charge in [0.1, 0.15) is 6.79 Å². The maximum Gasteiger partial charge on any atom is 0.146 e. The molecule has 0 aliphatic heterocycles. The van der Waals surface area contributed by atoms with Crippen LogP contribution >= 0.6 is 0 Å². The van der Waals surface area contributed by atoms with Crippen LogP contribution in [0.2, 0.25) is 0 Å². The molecule has 31 heavy (non-hydrogen) atoms. The zero-order chi connectivity index (χ0) is 21.9. The van der Waals surface area contributed by atoms with Gasteiger partial charge in [-0.3, -0.25) is 4.90 Å². The molecule has 0 fully saturated rings. The molecular formula is C27H33NO3. The molecule has 4 heteroatoms. The normalized spacial score (nSPS) is 13.3. The fourth-order valence-electron chi connectivity index (χ4n) is 3.99. The summed E-state index contributed by atoms with van der Waals surface area (Å²) < 4.78 is 10.7. The summed E-state index contributed by atoms with van der Waals surface area (Å²) in [6.45, 7) is 3.99. The van der Waals surface area contributed by atoms with E-state index >= 15 is 0 Å². The summed E-state index contributed by atoms with van der Waals surface area (Å²) in [6.07, 6.45) is 0.822. The van der Waals surface area contributed by atoms with E-state index in [1.807, 2.05) is 12.1 Å². The lowest BCUT2D eigenvalue weighted by Crippen LogP contribution is -2.32. The van der Waals surface area contributed by atoms with Crippen LogP contribution in [-0.2, 0) is 22.6 Å². The minimum absolute atomic E-state index is 0.0354. The number of aliphatic hydroxyl groups excluding tert-OH is 1. The first kappa shape index (κ1) is 23.2. The fraction of sp³-hybridized carbons (Fsp3) is 0.333. The third-order valence-electron chi connectivity index (χ3n) is 5.64. The third-order valence-corrected chi connectivity index (χ3v) is 5.64. The molecule has 0 spiro atoms. The standard InChI is InChI=1S/C27H33NO3/c1-22(25-13-7-4-8-14-25)28(19-23-10-5-3-6-11-23)27(16-17-31-21-30-2)26-15-9-12-24(18-26)20-29/h3-15,18,22,27,29H,16-17,19-21H2,1-2H3/t22-,27+/m0/s1. The Bertz CT molecular complexity index is 885. The van der Waals surface area contributed by atoms with Crippen molar-refractivity contribution in [1.82, 2.24) is 4.90 Å². The van der Waals surface area contributed by atoms with Crippen LogP contribution in [-0.4, -0.2) is 30.5 Å². The molecule has 164 valence electrons. The summed E-state index contributed by atoms with van der Waals surface area (Å²) in [4.78, 5) is 2.53. The minimum Gasteiger partial charge on any atom is -0.392 e. The van der Waals surface area contributed by atoms with E-state index in [0.717, 1.165) is 18.5 Å². The van der Waals surface area contributed by atoms with E-state index in [2.05, 4.69) is 84.6 Å². The highest BCUT2D eigenvalue weighted by atomic mass is 16.7. The zero-order valence-corrected chi connectivity index (χ0v) is 18.5. The van der Waals surface area contributed by atoms with E-state index in [9.17, 15) is 5.11 Å². The van der Waals surface area contributed by atoms with E-state index < -0.39 is 0 Å². The Morgan fingerprint density at radius 1 is 0.839 bits per heavy atom. The van der Waals surface area contributed by atoms with Gasteiger partial charge < -0.3 is 14.6 Å². The van der Waals surface area contributed by atoms with Crippen LogP contribution in [0.25, 0.3) is 0 Å². The number of ether oxygens (including phenoxy) is 2. The highest BCUT2D eigenvalue weighted by Crippen LogP contribution is 2.35. The van der Waals surface area contributed by atoms with Gasteiger partial charge in [0.15, 0.2) is 0 Å². The highest BCUT2D eigenvalue weighted by molar-refractivity contribution is 5.28. The molecule has 0 bridgehead atoms. The van der Waals surface area contributed by atoms with Crippen molar-refractivity contribution in [3.63, 3.8) is 0 Å². The van der Waals surface area contributed by atoms with E-state index in [-0.39, 0.29) is 25.5 Å². The number of nitrogens with zero attached hydrogens (tertiary/aromatic N) is 1. The van der Waals surface area contributed by atoms with Crippen molar-refractivity contribution in [3.05, 3.63) is 107 Å². The monoisotopic (exact) mass is 419 g/mol. The van der Waals surface area contributed by atoms with Gasteiger partial charge in [0.05, 0.1) is 13.2 Å². The molecule has 0 heterocycles. The maximum absolute atomic E-state index is 9.70. The molecule has 2 atom stereocenters. The van der Waals surface area contributed by atoms with Crippen LogP contribution in [0.1, 0.15) is 47.7 Å². The second-order valence-electron chi connectivity index (χ2n) is 7.77. The molecule has 0 amide bonds. The molecule has 0 radical (unpaired) electrons. The van der Waals surface area contributed by atoms with E-state index in [0.29, 0.717) is 6.61 Å². The van der Waals surface area contributed by atoms with Gasteiger partial charge >= 0.3 is 0 Å². The van der Waals surface area contributed by atoms with Crippen molar-refractivity contribution in [1.29, 1.82) is 0 Å². The molecule has 0 saturated carbocycles. The Labute approximate surface area is 186 Å². The summed E-state index contributed by atoms with van der Waals surface area (Å²) in [7, 11) is 1.64. The van der Waals surface area contributed by atoms with Crippen molar-refractivity contribution in [2.45, 2.75) is 38.6 Å². The van der Waals surface area contributed by atoms with E-state index in [1.165, 1.54) is 16.7 Å². The number of methoxy groups -OCH3 is 1. The van der Waals surface area contributed by atoms with Crippen LogP contribution in [0.5, 0.6) is 0 Å². The van der Waals surface area contributed by atoms with Crippen molar-refractivity contribution in [2.75, 3.05) is 20.5 Å². The molecular weight excluding hydrogens is 386 g/mol. The van der Waals surface area contributed by atoms with Crippen LogP contribution < -0.4 is 0 Å². The van der Waals surface area contributed by atoms with Gasteiger partial charge in [-0.25, -0.2) is 0 Å². The summed E-state index contributed by atoms with van der Waals surface area (Å²) >= 11 is 0. The molecule has 0 unspecified atom stereocenters. The molecule has 0 aliphatic rings. The van der Waals surface area contributed by atoms with Crippen LogP contribution in [0.15, 0.2) is 84.9 Å². The first-order chi connectivity index (χ1) is 15.2. The van der Waals surface area contributed by atoms with Gasteiger partial charge in [0.2, 0.25) is 0 Å². The molecule has 0 saturated heterocycles. The SMILES string of the molecule is COCOCC[C@H](c1cccc(CO)c1)N(Cc1ccccc1)[C@@H](C)c1ccccc1. The summed E-state index contributed by atoms with van der Waals surface area (Å²) in [5, 5.41) is 9.70. The second-order valence-corrected chi connectivity index (χ2v) is 7.77. The molecule has 3 rings (SSSR count). The molecule has 0 aliphatic carbocycles. The third kappa shape index (κ3) is 6.74. The number of hydrogen-bond donors (Lipinski definition) is 1. The molecule has 1 N–H and O–H groups in total. The molecule has 3 aromatic carbocycles. The Hall–Kier alpha value is -2.50. The Balaban J connectivity index is 1.97. The number of benzene rings is 3. The average molecular weight is 420 g/mol. The van der Waals surface area contributed by atoms with E-state index in [4.69, 9.17) is 9.47 Å². The van der Waals surface area contributed by atoms with Crippen LogP contribution in [0.3, 0.4) is 0 Å². The Kier molecular flexibility index (Phi) is 9.25. The predicted molar refractivity (Wildman–Crippen MR) is 124 cm³/mol. The Morgan fingerprint density at radius 3 is 2.16 bits per heavy atom. The van der Waals surface area contributed by atoms with Crippen LogP contribution in [0.4, 0.5) is 0 Å². The van der Waals surface area contributed by atoms with Gasteiger partial charge in [-0.1, -0.05) is 84.9 Å². The highest BCUT2D eigenvalue weighted by Gasteiger charge is 2.26. The van der Waals surface area contributed by atoms with Crippen LogP contribution in [0, 0.1) is 0 Å². The smallest absolute Gasteiger partial charge is 0.146 e. The second kappa shape index (κ2) is 12.4.